The second-order valence-corrected chi connectivity index (χ2v) is 6.21. The van der Waals surface area contributed by atoms with Crippen LogP contribution >= 0.6 is 0 Å². The highest BCUT2D eigenvalue weighted by Crippen LogP contribution is 2.04. The molecule has 0 aromatic rings. The molecule has 1 unspecified atom stereocenters. The number of likely N-dealkylation sites (N-methyl/N-ethyl adjacent to an activating group) is 1. The van der Waals surface area contributed by atoms with Gasteiger partial charge in [-0.3, -0.25) is 4.79 Å². The highest BCUT2D eigenvalue weighted by Gasteiger charge is 2.11. The van der Waals surface area contributed by atoms with Crippen LogP contribution in [-0.4, -0.2) is 64.5 Å². The van der Waals surface area contributed by atoms with Gasteiger partial charge in [-0.15, -0.1) is 0 Å². The lowest BCUT2D eigenvalue weighted by Gasteiger charge is -2.24. The minimum Gasteiger partial charge on any atom is -0.469 e. The first-order chi connectivity index (χ1) is 11.1. The van der Waals surface area contributed by atoms with E-state index in [4.69, 9.17) is 9.47 Å². The molecule has 138 valence electrons. The van der Waals surface area contributed by atoms with E-state index in [0.29, 0.717) is 19.1 Å². The van der Waals surface area contributed by atoms with Gasteiger partial charge in [0.15, 0.2) is 0 Å². The van der Waals surface area contributed by atoms with Crippen molar-refractivity contribution >= 4 is 5.97 Å². The normalized spacial score (nSPS) is 12.6. The van der Waals surface area contributed by atoms with Crippen LogP contribution in [0.3, 0.4) is 0 Å². The summed E-state index contributed by atoms with van der Waals surface area (Å²) in [6.07, 6.45) is 8.30. The predicted octanol–water partition coefficient (Wildman–Crippen LogP) is 3.26. The smallest absolute Gasteiger partial charge is 0.305 e. The standard InChI is InChI=1S/C18H37NO4/c1-5-6-7-10-13-22-15-17(19(2)3)16-23-14-11-8-9-12-18(20)21-4/h17H,5-16H2,1-4H3. The molecular formula is C18H37NO4. The van der Waals surface area contributed by atoms with Crippen molar-refractivity contribution in [2.75, 3.05) is 47.6 Å². The molecule has 0 aliphatic rings. The van der Waals surface area contributed by atoms with Gasteiger partial charge < -0.3 is 19.1 Å². The molecule has 0 N–H and O–H groups in total. The van der Waals surface area contributed by atoms with Crippen LogP contribution in [-0.2, 0) is 19.0 Å². The van der Waals surface area contributed by atoms with Crippen LogP contribution in [0.2, 0.25) is 0 Å². The summed E-state index contributed by atoms with van der Waals surface area (Å²) in [5.74, 6) is -0.130. The number of nitrogens with zero attached hydrogens (tertiary/aromatic N) is 1. The Morgan fingerprint density at radius 1 is 0.913 bits per heavy atom. The first-order valence-corrected chi connectivity index (χ1v) is 9.00. The van der Waals surface area contributed by atoms with Gasteiger partial charge in [-0.2, -0.15) is 0 Å². The average molecular weight is 331 g/mol. The third kappa shape index (κ3) is 14.7. The van der Waals surface area contributed by atoms with Gasteiger partial charge in [0.05, 0.1) is 26.4 Å². The van der Waals surface area contributed by atoms with E-state index < -0.39 is 0 Å². The van der Waals surface area contributed by atoms with Gasteiger partial charge in [0, 0.05) is 19.6 Å². The van der Waals surface area contributed by atoms with Gasteiger partial charge in [0.2, 0.25) is 0 Å². The maximum atomic E-state index is 11.0. The minimum absolute atomic E-state index is 0.130. The van der Waals surface area contributed by atoms with E-state index in [0.717, 1.165) is 45.5 Å². The molecule has 0 saturated heterocycles. The summed E-state index contributed by atoms with van der Waals surface area (Å²) in [5, 5.41) is 0. The molecule has 1 atom stereocenters. The van der Waals surface area contributed by atoms with Crippen LogP contribution in [0.25, 0.3) is 0 Å². The molecule has 0 heterocycles. The fourth-order valence-corrected chi connectivity index (χ4v) is 2.17. The van der Waals surface area contributed by atoms with Crippen LogP contribution < -0.4 is 0 Å². The molecule has 0 fully saturated rings. The van der Waals surface area contributed by atoms with Crippen LogP contribution in [0.4, 0.5) is 0 Å². The Labute approximate surface area is 142 Å². The molecular weight excluding hydrogens is 294 g/mol. The molecule has 23 heavy (non-hydrogen) atoms. The Morgan fingerprint density at radius 2 is 1.48 bits per heavy atom. The third-order valence-corrected chi connectivity index (χ3v) is 3.89. The molecule has 0 saturated carbocycles. The van der Waals surface area contributed by atoms with Crippen LogP contribution in [0.1, 0.15) is 58.3 Å². The third-order valence-electron chi connectivity index (χ3n) is 3.89. The van der Waals surface area contributed by atoms with Crippen molar-refractivity contribution in [1.82, 2.24) is 4.90 Å². The molecule has 0 rings (SSSR count). The van der Waals surface area contributed by atoms with Gasteiger partial charge in [-0.25, -0.2) is 0 Å². The Hall–Kier alpha value is -0.650. The van der Waals surface area contributed by atoms with E-state index in [1.165, 1.54) is 26.4 Å². The lowest BCUT2D eigenvalue weighted by atomic mass is 10.2. The lowest BCUT2D eigenvalue weighted by molar-refractivity contribution is -0.140. The maximum absolute atomic E-state index is 11.0. The summed E-state index contributed by atoms with van der Waals surface area (Å²) in [4.78, 5) is 13.1. The number of methoxy groups -OCH3 is 1. The van der Waals surface area contributed by atoms with Gasteiger partial charge in [-0.05, 0) is 33.4 Å². The molecule has 0 aromatic heterocycles. The van der Waals surface area contributed by atoms with Crippen molar-refractivity contribution < 1.29 is 19.0 Å². The monoisotopic (exact) mass is 331 g/mol. The average Bonchev–Trinajstić information content (AvgIpc) is 2.54. The Morgan fingerprint density at radius 3 is 1.96 bits per heavy atom. The molecule has 0 amide bonds. The van der Waals surface area contributed by atoms with Crippen molar-refractivity contribution in [1.29, 1.82) is 0 Å². The van der Waals surface area contributed by atoms with Crippen LogP contribution in [0.5, 0.6) is 0 Å². The zero-order chi connectivity index (χ0) is 17.3. The number of hydrogen-bond donors (Lipinski definition) is 0. The zero-order valence-corrected chi connectivity index (χ0v) is 15.6. The van der Waals surface area contributed by atoms with E-state index in [9.17, 15) is 4.79 Å². The van der Waals surface area contributed by atoms with Crippen molar-refractivity contribution in [2.45, 2.75) is 64.3 Å². The maximum Gasteiger partial charge on any atom is 0.305 e. The number of carbonyl (C=O) groups excluding carboxylic acids is 1. The van der Waals surface area contributed by atoms with Crippen molar-refractivity contribution in [2.24, 2.45) is 0 Å². The SMILES string of the molecule is CCCCCCOCC(COCCCCCC(=O)OC)N(C)C. The fraction of sp³-hybridized carbons (Fsp3) is 0.944. The predicted molar refractivity (Wildman–Crippen MR) is 93.7 cm³/mol. The van der Waals surface area contributed by atoms with E-state index in [1.807, 2.05) is 0 Å². The van der Waals surface area contributed by atoms with Crippen LogP contribution in [0.15, 0.2) is 0 Å². The fourth-order valence-electron chi connectivity index (χ4n) is 2.17. The number of rotatable bonds is 16. The highest BCUT2D eigenvalue weighted by molar-refractivity contribution is 5.68. The van der Waals surface area contributed by atoms with E-state index in [2.05, 4.69) is 30.7 Å². The van der Waals surface area contributed by atoms with E-state index in [1.54, 1.807) is 0 Å². The second kappa shape index (κ2) is 16.2. The van der Waals surface area contributed by atoms with Crippen LogP contribution in [0, 0.1) is 0 Å². The molecule has 0 spiro atoms. The Bertz CT molecular complexity index is 272. The molecule has 5 heteroatoms. The van der Waals surface area contributed by atoms with E-state index in [-0.39, 0.29) is 5.97 Å². The highest BCUT2D eigenvalue weighted by atomic mass is 16.5. The summed E-state index contributed by atoms with van der Waals surface area (Å²) < 4.78 is 16.1. The summed E-state index contributed by atoms with van der Waals surface area (Å²) in [5.41, 5.74) is 0. The van der Waals surface area contributed by atoms with Gasteiger partial charge in [-0.1, -0.05) is 32.6 Å². The summed E-state index contributed by atoms with van der Waals surface area (Å²) >= 11 is 0. The van der Waals surface area contributed by atoms with E-state index >= 15 is 0 Å². The van der Waals surface area contributed by atoms with Crippen molar-refractivity contribution in [3.63, 3.8) is 0 Å². The lowest BCUT2D eigenvalue weighted by Crippen LogP contribution is -2.37. The molecule has 0 bridgehead atoms. The quantitative estimate of drug-likeness (QED) is 0.321. The van der Waals surface area contributed by atoms with Gasteiger partial charge >= 0.3 is 5.97 Å². The zero-order valence-electron chi connectivity index (χ0n) is 15.6. The minimum atomic E-state index is -0.130. The van der Waals surface area contributed by atoms with Crippen molar-refractivity contribution in [3.8, 4) is 0 Å². The molecule has 0 aromatic carbocycles. The number of unbranched alkanes of at least 4 members (excludes halogenated alkanes) is 5. The number of esters is 1. The Kier molecular flexibility index (Phi) is 15.8. The molecule has 0 aliphatic carbocycles. The number of carbonyl (C=O) groups is 1. The number of hydrogen-bond acceptors (Lipinski definition) is 5. The molecule has 0 aliphatic heterocycles. The summed E-state index contributed by atoms with van der Waals surface area (Å²) in [7, 11) is 5.55. The van der Waals surface area contributed by atoms with Gasteiger partial charge in [0.25, 0.3) is 0 Å². The summed E-state index contributed by atoms with van der Waals surface area (Å²) in [6.45, 7) is 5.22. The second-order valence-electron chi connectivity index (χ2n) is 6.21. The molecule has 5 nitrogen and oxygen atoms in total. The van der Waals surface area contributed by atoms with Gasteiger partial charge in [0.1, 0.15) is 0 Å². The largest absolute Gasteiger partial charge is 0.469 e. The first kappa shape index (κ1) is 22.4. The number of ether oxygens (including phenoxy) is 3. The molecule has 0 radical (unpaired) electrons. The first-order valence-electron chi connectivity index (χ1n) is 9.00. The van der Waals surface area contributed by atoms with Crippen molar-refractivity contribution in [3.05, 3.63) is 0 Å². The summed E-state index contributed by atoms with van der Waals surface area (Å²) in [6, 6.07) is 0.302. The Balaban J connectivity index is 3.55. The topological polar surface area (TPSA) is 48.0 Å².